The van der Waals surface area contributed by atoms with Crippen LogP contribution >= 0.6 is 11.3 Å². The first-order valence-corrected chi connectivity index (χ1v) is 12.0. The number of carbonyl (C=O) groups excluding carboxylic acids is 2. The summed E-state index contributed by atoms with van der Waals surface area (Å²) in [6.45, 7) is 7.04. The van der Waals surface area contributed by atoms with Gasteiger partial charge in [0.25, 0.3) is 5.91 Å². The number of fused-ring (bicyclic) bond motifs is 1. The Kier molecular flexibility index (Phi) is 6.47. The van der Waals surface area contributed by atoms with Gasteiger partial charge < -0.3 is 9.30 Å². The minimum Gasteiger partial charge on any atom is -0.468 e. The standard InChI is InChI=1S/C22H24N2O5S2/c1-13(2)31(27,28)17-8-6-7-16(11-17)21(26)23-22-24(12-20(25)29-5)18-9-14(3)15(4)10-19(18)30-22/h6-11,13H,12H2,1-5H3. The van der Waals surface area contributed by atoms with Gasteiger partial charge in [-0.3, -0.25) is 9.59 Å². The van der Waals surface area contributed by atoms with Crippen LogP contribution in [0.5, 0.6) is 0 Å². The number of methoxy groups -OCH3 is 1. The number of sulfone groups is 1. The second-order valence-electron chi connectivity index (χ2n) is 7.49. The van der Waals surface area contributed by atoms with Gasteiger partial charge in [-0.15, -0.1) is 0 Å². The van der Waals surface area contributed by atoms with Crippen molar-refractivity contribution < 1.29 is 22.7 Å². The van der Waals surface area contributed by atoms with E-state index in [1.807, 2.05) is 26.0 Å². The van der Waals surface area contributed by atoms with E-state index in [1.54, 1.807) is 18.4 Å². The van der Waals surface area contributed by atoms with E-state index in [0.717, 1.165) is 21.3 Å². The van der Waals surface area contributed by atoms with Gasteiger partial charge in [-0.25, -0.2) is 8.42 Å². The molecule has 0 N–H and O–H groups in total. The third kappa shape index (κ3) is 4.62. The molecule has 31 heavy (non-hydrogen) atoms. The Morgan fingerprint density at radius 1 is 1.13 bits per heavy atom. The van der Waals surface area contributed by atoms with E-state index in [0.29, 0.717) is 4.80 Å². The molecule has 0 aliphatic heterocycles. The number of nitrogens with zero attached hydrogens (tertiary/aromatic N) is 2. The summed E-state index contributed by atoms with van der Waals surface area (Å²) in [4.78, 5) is 29.5. The Labute approximate surface area is 184 Å². The number of ether oxygens (including phenoxy) is 1. The van der Waals surface area contributed by atoms with Crippen LogP contribution in [0.15, 0.2) is 46.3 Å². The number of thiazole rings is 1. The Bertz CT molecular complexity index is 1350. The summed E-state index contributed by atoms with van der Waals surface area (Å²) in [5.41, 5.74) is 3.08. The minimum atomic E-state index is -3.52. The smallest absolute Gasteiger partial charge is 0.325 e. The lowest BCUT2D eigenvalue weighted by atomic mass is 10.1. The van der Waals surface area contributed by atoms with Crippen LogP contribution in [-0.4, -0.2) is 37.2 Å². The molecule has 0 spiro atoms. The lowest BCUT2D eigenvalue weighted by Gasteiger charge is -2.08. The molecule has 0 bridgehead atoms. The lowest BCUT2D eigenvalue weighted by Crippen LogP contribution is -2.22. The number of amides is 1. The number of hydrogen-bond acceptors (Lipinski definition) is 6. The van der Waals surface area contributed by atoms with Crippen molar-refractivity contribution in [2.45, 2.75) is 44.4 Å². The fourth-order valence-electron chi connectivity index (χ4n) is 2.98. The molecule has 0 aliphatic carbocycles. The zero-order valence-corrected chi connectivity index (χ0v) is 19.6. The number of hydrogen-bond donors (Lipinski definition) is 0. The van der Waals surface area contributed by atoms with Crippen molar-refractivity contribution in [3.8, 4) is 0 Å². The highest BCUT2D eigenvalue weighted by Crippen LogP contribution is 2.22. The highest BCUT2D eigenvalue weighted by Gasteiger charge is 2.20. The van der Waals surface area contributed by atoms with E-state index in [-0.39, 0.29) is 17.0 Å². The molecule has 0 atom stereocenters. The van der Waals surface area contributed by atoms with Crippen LogP contribution in [0.2, 0.25) is 0 Å². The molecule has 3 rings (SSSR count). The van der Waals surface area contributed by atoms with Crippen LogP contribution in [0.4, 0.5) is 0 Å². The third-order valence-corrected chi connectivity index (χ3v) is 8.23. The molecule has 1 amide bonds. The minimum absolute atomic E-state index is 0.0774. The molecule has 0 saturated heterocycles. The van der Waals surface area contributed by atoms with Crippen LogP contribution in [-0.2, 0) is 25.9 Å². The largest absolute Gasteiger partial charge is 0.468 e. The van der Waals surface area contributed by atoms with Crippen LogP contribution in [0.25, 0.3) is 10.2 Å². The van der Waals surface area contributed by atoms with Gasteiger partial charge in [-0.2, -0.15) is 4.99 Å². The normalized spacial score (nSPS) is 12.5. The maximum Gasteiger partial charge on any atom is 0.325 e. The highest BCUT2D eigenvalue weighted by atomic mass is 32.2. The van der Waals surface area contributed by atoms with Gasteiger partial charge in [0.05, 0.1) is 27.5 Å². The molecule has 1 aromatic heterocycles. The summed E-state index contributed by atoms with van der Waals surface area (Å²) in [5, 5.41) is -0.605. The third-order valence-electron chi connectivity index (χ3n) is 5.04. The van der Waals surface area contributed by atoms with E-state index in [2.05, 4.69) is 4.99 Å². The molecule has 7 nitrogen and oxygen atoms in total. The van der Waals surface area contributed by atoms with Crippen molar-refractivity contribution in [2.75, 3.05) is 7.11 Å². The molecule has 0 aliphatic rings. The van der Waals surface area contributed by atoms with E-state index in [9.17, 15) is 18.0 Å². The average molecular weight is 461 g/mol. The Balaban J connectivity index is 2.15. The van der Waals surface area contributed by atoms with Gasteiger partial charge >= 0.3 is 5.97 Å². The summed E-state index contributed by atoms with van der Waals surface area (Å²) in [5.74, 6) is -1.05. The SMILES string of the molecule is COC(=O)Cn1c(=NC(=O)c2cccc(S(=O)(=O)C(C)C)c2)sc2cc(C)c(C)cc21. The second kappa shape index (κ2) is 8.76. The van der Waals surface area contributed by atoms with Gasteiger partial charge in [0.15, 0.2) is 14.6 Å². The van der Waals surface area contributed by atoms with E-state index >= 15 is 0 Å². The van der Waals surface area contributed by atoms with Gasteiger partial charge in [-0.1, -0.05) is 17.4 Å². The van der Waals surface area contributed by atoms with Crippen molar-refractivity contribution >= 4 is 43.3 Å². The van der Waals surface area contributed by atoms with Crippen LogP contribution in [0.3, 0.4) is 0 Å². The summed E-state index contributed by atoms with van der Waals surface area (Å²) in [6, 6.07) is 9.80. The second-order valence-corrected chi connectivity index (χ2v) is 11.0. The maximum absolute atomic E-state index is 12.9. The number of benzene rings is 2. The number of rotatable bonds is 5. The van der Waals surface area contributed by atoms with Crippen molar-refractivity contribution in [3.63, 3.8) is 0 Å². The molecule has 164 valence electrons. The molecule has 3 aromatic rings. The molecular formula is C22H24N2O5S2. The van der Waals surface area contributed by atoms with Crippen molar-refractivity contribution in [3.05, 3.63) is 57.9 Å². The zero-order valence-electron chi connectivity index (χ0n) is 18.0. The van der Waals surface area contributed by atoms with E-state index < -0.39 is 27.0 Å². The summed E-state index contributed by atoms with van der Waals surface area (Å²) in [6.07, 6.45) is 0. The number of esters is 1. The Morgan fingerprint density at radius 2 is 1.81 bits per heavy atom. The lowest BCUT2D eigenvalue weighted by molar-refractivity contribution is -0.141. The monoisotopic (exact) mass is 460 g/mol. The van der Waals surface area contributed by atoms with Crippen LogP contribution < -0.4 is 4.80 Å². The van der Waals surface area contributed by atoms with Crippen molar-refractivity contribution in [1.29, 1.82) is 0 Å². The average Bonchev–Trinajstić information content (AvgIpc) is 3.03. The predicted octanol–water partition coefficient (Wildman–Crippen LogP) is 3.42. The first-order chi connectivity index (χ1) is 14.5. The summed E-state index contributed by atoms with van der Waals surface area (Å²) in [7, 11) is -2.22. The van der Waals surface area contributed by atoms with Gasteiger partial charge in [0.2, 0.25) is 0 Å². The van der Waals surface area contributed by atoms with E-state index in [4.69, 9.17) is 4.74 Å². The Hall–Kier alpha value is -2.78. The quantitative estimate of drug-likeness (QED) is 0.544. The molecule has 1 heterocycles. The van der Waals surface area contributed by atoms with Gasteiger partial charge in [0, 0.05) is 5.56 Å². The molecule has 2 aromatic carbocycles. The molecule has 0 unspecified atom stereocenters. The number of aryl methyl sites for hydroxylation is 2. The summed E-state index contributed by atoms with van der Waals surface area (Å²) >= 11 is 1.29. The molecule has 0 saturated carbocycles. The summed E-state index contributed by atoms with van der Waals surface area (Å²) < 4.78 is 32.2. The first kappa shape index (κ1) is 22.9. The van der Waals surface area contributed by atoms with Crippen LogP contribution in [0, 0.1) is 13.8 Å². The fourth-order valence-corrected chi connectivity index (χ4v) is 5.19. The Morgan fingerprint density at radius 3 is 2.45 bits per heavy atom. The van der Waals surface area contributed by atoms with Gasteiger partial charge in [0.1, 0.15) is 6.54 Å². The molecule has 0 fully saturated rings. The van der Waals surface area contributed by atoms with Crippen LogP contribution in [0.1, 0.15) is 35.3 Å². The van der Waals surface area contributed by atoms with Gasteiger partial charge in [-0.05, 0) is 69.2 Å². The first-order valence-electron chi connectivity index (χ1n) is 9.65. The predicted molar refractivity (Wildman–Crippen MR) is 120 cm³/mol. The van der Waals surface area contributed by atoms with Crippen molar-refractivity contribution in [2.24, 2.45) is 4.99 Å². The zero-order chi connectivity index (χ0) is 22.9. The van der Waals surface area contributed by atoms with E-state index in [1.165, 1.54) is 42.7 Å². The molecule has 0 radical (unpaired) electrons. The fraction of sp³-hybridized carbons (Fsp3) is 0.318. The maximum atomic E-state index is 12.9. The topological polar surface area (TPSA) is 94.8 Å². The van der Waals surface area contributed by atoms with Crippen molar-refractivity contribution in [1.82, 2.24) is 4.57 Å². The highest BCUT2D eigenvalue weighted by molar-refractivity contribution is 7.92. The molecular weight excluding hydrogens is 436 g/mol. The number of carbonyl (C=O) groups is 2. The molecule has 9 heteroatoms. The number of aromatic nitrogens is 1.